The Labute approximate surface area is 95.0 Å². The number of esters is 1. The first-order valence-corrected chi connectivity index (χ1v) is 5.62. The normalized spacial score (nSPS) is 23.6. The third-order valence-corrected chi connectivity index (χ3v) is 3.06. The summed E-state index contributed by atoms with van der Waals surface area (Å²) in [4.78, 5) is 11.7. The molecule has 0 fully saturated rings. The van der Waals surface area contributed by atoms with Crippen LogP contribution in [0.15, 0.2) is 24.3 Å². The number of benzene rings is 1. The zero-order valence-corrected chi connectivity index (χ0v) is 9.40. The van der Waals surface area contributed by atoms with Gasteiger partial charge in [0.15, 0.2) is 5.60 Å². The highest BCUT2D eigenvalue weighted by atomic mass is 16.5. The third kappa shape index (κ3) is 1.95. The van der Waals surface area contributed by atoms with Crippen molar-refractivity contribution in [1.29, 1.82) is 0 Å². The van der Waals surface area contributed by atoms with Crippen molar-refractivity contribution in [2.24, 2.45) is 0 Å². The van der Waals surface area contributed by atoms with Gasteiger partial charge in [-0.25, -0.2) is 4.79 Å². The van der Waals surface area contributed by atoms with E-state index in [1.807, 2.05) is 24.3 Å². The Balaban J connectivity index is 2.21. The standard InChI is InChI=1S/C13H16O3/c1-2-16-12(14)13(15)8-7-10-5-3-4-6-11(10)9-13/h3-6,15H,2,7-9H2,1H3/t13-/m1/s1. The Morgan fingerprint density at radius 1 is 1.44 bits per heavy atom. The maximum absolute atomic E-state index is 11.7. The molecule has 3 nitrogen and oxygen atoms in total. The van der Waals surface area contributed by atoms with E-state index in [-0.39, 0.29) is 0 Å². The summed E-state index contributed by atoms with van der Waals surface area (Å²) in [5, 5.41) is 10.2. The molecule has 1 N–H and O–H groups in total. The molecular weight excluding hydrogens is 204 g/mol. The molecule has 0 bridgehead atoms. The van der Waals surface area contributed by atoms with Crippen LogP contribution in [0.4, 0.5) is 0 Å². The highest BCUT2D eigenvalue weighted by Crippen LogP contribution is 2.29. The number of fused-ring (bicyclic) bond motifs is 1. The minimum atomic E-state index is -1.33. The van der Waals surface area contributed by atoms with Crippen molar-refractivity contribution >= 4 is 5.97 Å². The van der Waals surface area contributed by atoms with Crippen LogP contribution in [-0.2, 0) is 22.4 Å². The second kappa shape index (κ2) is 4.26. The molecule has 1 aromatic carbocycles. The quantitative estimate of drug-likeness (QED) is 0.768. The van der Waals surface area contributed by atoms with Gasteiger partial charge in [-0.3, -0.25) is 0 Å². The SMILES string of the molecule is CCOC(=O)[C@@]1(O)CCc2ccccc2C1. The summed E-state index contributed by atoms with van der Waals surface area (Å²) in [7, 11) is 0. The van der Waals surface area contributed by atoms with Crippen LogP contribution in [0.25, 0.3) is 0 Å². The number of carbonyl (C=O) groups excluding carboxylic acids is 1. The van der Waals surface area contributed by atoms with E-state index in [0.29, 0.717) is 19.4 Å². The molecule has 16 heavy (non-hydrogen) atoms. The highest BCUT2D eigenvalue weighted by Gasteiger charge is 2.40. The van der Waals surface area contributed by atoms with Crippen LogP contribution in [0.5, 0.6) is 0 Å². The van der Waals surface area contributed by atoms with Gasteiger partial charge in [0.05, 0.1) is 6.61 Å². The summed E-state index contributed by atoms with van der Waals surface area (Å²) >= 11 is 0. The molecular formula is C13H16O3. The van der Waals surface area contributed by atoms with Crippen molar-refractivity contribution in [1.82, 2.24) is 0 Å². The largest absolute Gasteiger partial charge is 0.464 e. The smallest absolute Gasteiger partial charge is 0.338 e. The fraction of sp³-hybridized carbons (Fsp3) is 0.462. The molecule has 0 amide bonds. The Morgan fingerprint density at radius 2 is 2.12 bits per heavy atom. The first-order chi connectivity index (χ1) is 7.65. The lowest BCUT2D eigenvalue weighted by molar-refractivity contribution is -0.166. The van der Waals surface area contributed by atoms with E-state index in [4.69, 9.17) is 4.74 Å². The topological polar surface area (TPSA) is 46.5 Å². The number of hydrogen-bond acceptors (Lipinski definition) is 3. The predicted octanol–water partition coefficient (Wildman–Crippen LogP) is 1.47. The van der Waals surface area contributed by atoms with Crippen LogP contribution in [0, 0.1) is 0 Å². The lowest BCUT2D eigenvalue weighted by Crippen LogP contribution is -2.45. The van der Waals surface area contributed by atoms with Crippen LogP contribution in [-0.4, -0.2) is 23.3 Å². The Morgan fingerprint density at radius 3 is 2.81 bits per heavy atom. The average Bonchev–Trinajstić information content (AvgIpc) is 2.29. The molecule has 86 valence electrons. The van der Waals surface area contributed by atoms with Crippen LogP contribution in [0.3, 0.4) is 0 Å². The van der Waals surface area contributed by atoms with E-state index in [2.05, 4.69) is 0 Å². The van der Waals surface area contributed by atoms with Gasteiger partial charge in [0.25, 0.3) is 0 Å². The number of ether oxygens (including phenoxy) is 1. The van der Waals surface area contributed by atoms with Gasteiger partial charge in [0.2, 0.25) is 0 Å². The molecule has 1 aliphatic rings. The van der Waals surface area contributed by atoms with Crippen molar-refractivity contribution < 1.29 is 14.6 Å². The van der Waals surface area contributed by atoms with Crippen LogP contribution >= 0.6 is 0 Å². The molecule has 0 aromatic heterocycles. The van der Waals surface area contributed by atoms with Crippen molar-refractivity contribution in [2.75, 3.05) is 6.61 Å². The summed E-state index contributed by atoms with van der Waals surface area (Å²) in [6, 6.07) is 7.90. The van der Waals surface area contributed by atoms with Gasteiger partial charge in [0, 0.05) is 6.42 Å². The molecule has 0 radical (unpaired) electrons. The van der Waals surface area contributed by atoms with E-state index in [1.54, 1.807) is 6.92 Å². The molecule has 1 atom stereocenters. The molecule has 2 rings (SSSR count). The number of rotatable bonds is 2. The third-order valence-electron chi connectivity index (χ3n) is 3.06. The summed E-state index contributed by atoms with van der Waals surface area (Å²) in [5.74, 6) is -0.496. The Bertz CT molecular complexity index is 400. The van der Waals surface area contributed by atoms with Gasteiger partial charge < -0.3 is 9.84 Å². The van der Waals surface area contributed by atoms with Gasteiger partial charge in [-0.15, -0.1) is 0 Å². The first kappa shape index (κ1) is 11.1. The van der Waals surface area contributed by atoms with E-state index in [0.717, 1.165) is 12.0 Å². The number of aryl methyl sites for hydroxylation is 1. The fourth-order valence-corrected chi connectivity index (χ4v) is 2.16. The number of aliphatic hydroxyl groups is 1. The van der Waals surface area contributed by atoms with Crippen molar-refractivity contribution in [2.45, 2.75) is 31.8 Å². The van der Waals surface area contributed by atoms with E-state index in [9.17, 15) is 9.90 Å². The van der Waals surface area contributed by atoms with Gasteiger partial charge in [-0.2, -0.15) is 0 Å². The van der Waals surface area contributed by atoms with Crippen molar-refractivity contribution in [3.05, 3.63) is 35.4 Å². The van der Waals surface area contributed by atoms with Crippen LogP contribution < -0.4 is 0 Å². The van der Waals surface area contributed by atoms with Crippen molar-refractivity contribution in [3.63, 3.8) is 0 Å². The molecule has 0 saturated heterocycles. The monoisotopic (exact) mass is 220 g/mol. The molecule has 1 aliphatic carbocycles. The van der Waals surface area contributed by atoms with E-state index in [1.165, 1.54) is 5.56 Å². The van der Waals surface area contributed by atoms with Gasteiger partial charge in [0.1, 0.15) is 0 Å². The van der Waals surface area contributed by atoms with E-state index >= 15 is 0 Å². The number of carbonyl (C=O) groups is 1. The molecule has 0 saturated carbocycles. The minimum absolute atomic E-state index is 0.308. The number of hydrogen-bond donors (Lipinski definition) is 1. The average molecular weight is 220 g/mol. The lowest BCUT2D eigenvalue weighted by atomic mass is 9.80. The summed E-state index contributed by atoms with van der Waals surface area (Å²) in [5.41, 5.74) is 0.936. The van der Waals surface area contributed by atoms with Crippen LogP contribution in [0.2, 0.25) is 0 Å². The summed E-state index contributed by atoms with van der Waals surface area (Å²) in [6.45, 7) is 2.06. The van der Waals surface area contributed by atoms with Crippen molar-refractivity contribution in [3.8, 4) is 0 Å². The lowest BCUT2D eigenvalue weighted by Gasteiger charge is -2.31. The zero-order valence-electron chi connectivity index (χ0n) is 9.40. The second-order valence-corrected chi connectivity index (χ2v) is 4.20. The summed E-state index contributed by atoms with van der Waals surface area (Å²) < 4.78 is 4.91. The molecule has 0 aliphatic heterocycles. The Hall–Kier alpha value is -1.35. The Kier molecular flexibility index (Phi) is 2.97. The van der Waals surface area contributed by atoms with E-state index < -0.39 is 11.6 Å². The maximum atomic E-state index is 11.7. The zero-order chi connectivity index (χ0) is 11.6. The molecule has 0 spiro atoms. The second-order valence-electron chi connectivity index (χ2n) is 4.20. The highest BCUT2D eigenvalue weighted by molar-refractivity contribution is 5.80. The van der Waals surface area contributed by atoms with Crippen LogP contribution in [0.1, 0.15) is 24.5 Å². The molecule has 0 heterocycles. The first-order valence-electron chi connectivity index (χ1n) is 5.62. The van der Waals surface area contributed by atoms with Gasteiger partial charge >= 0.3 is 5.97 Å². The maximum Gasteiger partial charge on any atom is 0.338 e. The molecule has 0 unspecified atom stereocenters. The fourth-order valence-electron chi connectivity index (χ4n) is 2.16. The minimum Gasteiger partial charge on any atom is -0.464 e. The molecule has 3 heteroatoms. The molecule has 1 aromatic rings. The van der Waals surface area contributed by atoms with Gasteiger partial charge in [-0.05, 0) is 30.9 Å². The summed E-state index contributed by atoms with van der Waals surface area (Å²) in [6.07, 6.45) is 1.54. The van der Waals surface area contributed by atoms with Gasteiger partial charge in [-0.1, -0.05) is 24.3 Å². The predicted molar refractivity (Wildman–Crippen MR) is 60.0 cm³/mol.